The van der Waals surface area contributed by atoms with Crippen LogP contribution in [-0.2, 0) is 19.6 Å². The molecule has 0 spiro atoms. The van der Waals surface area contributed by atoms with Gasteiger partial charge in [-0.3, -0.25) is 0 Å². The number of nitrogens with one attached hydrogen (secondary N) is 1. The summed E-state index contributed by atoms with van der Waals surface area (Å²) in [6.45, 7) is 3.60. The average molecular weight is 315 g/mol. The molecule has 1 aromatic rings. The van der Waals surface area contributed by atoms with Crippen molar-refractivity contribution in [2.45, 2.75) is 24.8 Å². The van der Waals surface area contributed by atoms with Gasteiger partial charge in [-0.2, -0.15) is 0 Å². The van der Waals surface area contributed by atoms with E-state index in [1.807, 2.05) is 0 Å². The predicted molar refractivity (Wildman–Crippen MR) is 81.4 cm³/mol. The summed E-state index contributed by atoms with van der Waals surface area (Å²) in [5, 5.41) is 2.86. The fourth-order valence-corrected chi connectivity index (χ4v) is 2.52. The van der Waals surface area contributed by atoms with E-state index in [1.165, 1.54) is 32.3 Å². The molecular formula is C13H21N3O4S. The van der Waals surface area contributed by atoms with Crippen molar-refractivity contribution in [1.29, 1.82) is 0 Å². The number of nitrogens with zero attached hydrogens (tertiary/aromatic N) is 1. The Morgan fingerprint density at radius 3 is 2.57 bits per heavy atom. The van der Waals surface area contributed by atoms with Gasteiger partial charge in [0.15, 0.2) is 0 Å². The molecule has 118 valence electrons. The summed E-state index contributed by atoms with van der Waals surface area (Å²) in [5.41, 5.74) is 6.53. The lowest BCUT2D eigenvalue weighted by Gasteiger charge is -2.17. The zero-order valence-electron chi connectivity index (χ0n) is 12.6. The lowest BCUT2D eigenvalue weighted by atomic mass is 10.2. The van der Waals surface area contributed by atoms with Crippen LogP contribution in [0, 0.1) is 0 Å². The maximum absolute atomic E-state index is 12.1. The van der Waals surface area contributed by atoms with Crippen molar-refractivity contribution in [1.82, 2.24) is 4.31 Å². The summed E-state index contributed by atoms with van der Waals surface area (Å²) < 4.78 is 30.2. The Labute approximate surface area is 125 Å². The molecule has 0 aliphatic rings. The normalized spacial score (nSPS) is 13.0. The number of ether oxygens (including phenoxy) is 1. The molecule has 1 atom stereocenters. The van der Waals surface area contributed by atoms with Gasteiger partial charge in [0.2, 0.25) is 10.0 Å². The molecule has 3 N–H and O–H groups in total. The fourth-order valence-electron chi connectivity index (χ4n) is 1.59. The topological polar surface area (TPSA) is 102 Å². The first kappa shape index (κ1) is 17.3. The van der Waals surface area contributed by atoms with E-state index in [0.29, 0.717) is 11.4 Å². The minimum atomic E-state index is -3.56. The monoisotopic (exact) mass is 315 g/mol. The minimum Gasteiger partial charge on any atom is -0.464 e. The van der Waals surface area contributed by atoms with Crippen LogP contribution in [0.15, 0.2) is 23.1 Å². The molecule has 0 heterocycles. The summed E-state index contributed by atoms with van der Waals surface area (Å²) in [5.74, 6) is -0.433. The Balaban J connectivity index is 3.07. The van der Waals surface area contributed by atoms with E-state index < -0.39 is 22.0 Å². The lowest BCUT2D eigenvalue weighted by Crippen LogP contribution is -2.29. The van der Waals surface area contributed by atoms with Crippen molar-refractivity contribution in [3.63, 3.8) is 0 Å². The molecule has 1 unspecified atom stereocenters. The van der Waals surface area contributed by atoms with Crippen LogP contribution in [0.3, 0.4) is 0 Å². The number of esters is 1. The van der Waals surface area contributed by atoms with Crippen molar-refractivity contribution >= 4 is 27.4 Å². The first-order valence-corrected chi connectivity index (χ1v) is 7.89. The van der Waals surface area contributed by atoms with E-state index >= 15 is 0 Å². The van der Waals surface area contributed by atoms with E-state index in [-0.39, 0.29) is 11.5 Å². The molecule has 8 heteroatoms. The number of anilines is 2. The van der Waals surface area contributed by atoms with Crippen LogP contribution in [-0.4, -0.2) is 45.4 Å². The molecule has 0 bridgehead atoms. The smallest absolute Gasteiger partial charge is 0.328 e. The van der Waals surface area contributed by atoms with Gasteiger partial charge in [0, 0.05) is 14.1 Å². The number of hydrogen-bond acceptors (Lipinski definition) is 6. The average Bonchev–Trinajstić information content (AvgIpc) is 2.40. The van der Waals surface area contributed by atoms with E-state index in [2.05, 4.69) is 5.32 Å². The summed E-state index contributed by atoms with van der Waals surface area (Å²) in [6, 6.07) is 3.67. The van der Waals surface area contributed by atoms with Gasteiger partial charge in [-0.05, 0) is 32.0 Å². The largest absolute Gasteiger partial charge is 0.464 e. The molecule has 0 aromatic heterocycles. The molecular weight excluding hydrogens is 294 g/mol. The Bertz CT molecular complexity index is 614. The van der Waals surface area contributed by atoms with E-state index in [9.17, 15) is 13.2 Å². The molecule has 1 aromatic carbocycles. The molecule has 0 aliphatic heterocycles. The standard InChI is InChI=1S/C13H21N3O4S/c1-5-20-13(17)9(2)15-12-8-10(6-7-11(12)14)21(18,19)16(3)4/h6-9,15H,5,14H2,1-4H3. The van der Waals surface area contributed by atoms with E-state index in [0.717, 1.165) is 4.31 Å². The molecule has 0 amide bonds. The summed E-state index contributed by atoms with van der Waals surface area (Å²) in [7, 11) is -0.672. The number of sulfonamides is 1. The molecule has 0 radical (unpaired) electrons. The number of benzene rings is 1. The highest BCUT2D eigenvalue weighted by Crippen LogP contribution is 2.25. The Morgan fingerprint density at radius 1 is 1.43 bits per heavy atom. The third-order valence-electron chi connectivity index (χ3n) is 2.82. The summed E-state index contributed by atoms with van der Waals surface area (Å²) in [4.78, 5) is 11.7. The summed E-state index contributed by atoms with van der Waals surface area (Å²) >= 11 is 0. The number of rotatable bonds is 6. The zero-order valence-corrected chi connectivity index (χ0v) is 13.4. The van der Waals surface area contributed by atoms with Crippen molar-refractivity contribution in [2.24, 2.45) is 0 Å². The lowest BCUT2D eigenvalue weighted by molar-refractivity contribution is -0.143. The van der Waals surface area contributed by atoms with Gasteiger partial charge in [-0.25, -0.2) is 17.5 Å². The molecule has 7 nitrogen and oxygen atoms in total. The van der Waals surface area contributed by atoms with Gasteiger partial charge >= 0.3 is 5.97 Å². The Hall–Kier alpha value is -1.80. The minimum absolute atomic E-state index is 0.0975. The second-order valence-corrected chi connectivity index (χ2v) is 6.81. The van der Waals surface area contributed by atoms with Crippen LogP contribution < -0.4 is 11.1 Å². The van der Waals surface area contributed by atoms with Crippen LogP contribution in [0.5, 0.6) is 0 Å². The highest BCUT2D eigenvalue weighted by molar-refractivity contribution is 7.89. The Kier molecular flexibility index (Phi) is 5.56. The van der Waals surface area contributed by atoms with E-state index in [4.69, 9.17) is 10.5 Å². The second-order valence-electron chi connectivity index (χ2n) is 4.65. The molecule has 1 rings (SSSR count). The van der Waals surface area contributed by atoms with Crippen LogP contribution in [0.25, 0.3) is 0 Å². The number of nitrogens with two attached hydrogens (primary N) is 1. The first-order valence-electron chi connectivity index (χ1n) is 6.45. The molecule has 21 heavy (non-hydrogen) atoms. The van der Waals surface area contributed by atoms with Gasteiger partial charge in [0.05, 0.1) is 22.9 Å². The maximum atomic E-state index is 12.1. The maximum Gasteiger partial charge on any atom is 0.328 e. The number of nitrogen functional groups attached to an aromatic ring is 1. The SMILES string of the molecule is CCOC(=O)C(C)Nc1cc(S(=O)(=O)N(C)C)ccc1N. The third kappa shape index (κ3) is 4.08. The highest BCUT2D eigenvalue weighted by Gasteiger charge is 2.20. The summed E-state index contributed by atoms with van der Waals surface area (Å²) in [6.07, 6.45) is 0. The zero-order chi connectivity index (χ0) is 16.2. The van der Waals surface area contributed by atoms with Crippen molar-refractivity contribution in [3.05, 3.63) is 18.2 Å². The van der Waals surface area contributed by atoms with Crippen molar-refractivity contribution in [2.75, 3.05) is 31.8 Å². The fraction of sp³-hybridized carbons (Fsp3) is 0.462. The number of hydrogen-bond donors (Lipinski definition) is 2. The van der Waals surface area contributed by atoms with Gasteiger partial charge in [-0.15, -0.1) is 0 Å². The van der Waals surface area contributed by atoms with Gasteiger partial charge in [-0.1, -0.05) is 0 Å². The molecule has 0 saturated carbocycles. The van der Waals surface area contributed by atoms with Crippen LogP contribution >= 0.6 is 0 Å². The van der Waals surface area contributed by atoms with Gasteiger partial charge < -0.3 is 15.8 Å². The quantitative estimate of drug-likeness (QED) is 0.597. The van der Waals surface area contributed by atoms with Crippen molar-refractivity contribution in [3.8, 4) is 0 Å². The van der Waals surface area contributed by atoms with E-state index in [1.54, 1.807) is 13.8 Å². The van der Waals surface area contributed by atoms with Gasteiger partial charge in [0.25, 0.3) is 0 Å². The van der Waals surface area contributed by atoms with Crippen LogP contribution in [0.4, 0.5) is 11.4 Å². The molecule has 0 fully saturated rings. The van der Waals surface area contributed by atoms with Gasteiger partial charge in [0.1, 0.15) is 6.04 Å². The third-order valence-corrected chi connectivity index (χ3v) is 4.63. The number of carbonyl (C=O) groups excluding carboxylic acids is 1. The van der Waals surface area contributed by atoms with Crippen molar-refractivity contribution < 1.29 is 17.9 Å². The number of carbonyl (C=O) groups is 1. The molecule has 0 aliphatic carbocycles. The highest BCUT2D eigenvalue weighted by atomic mass is 32.2. The Morgan fingerprint density at radius 2 is 2.05 bits per heavy atom. The predicted octanol–water partition coefficient (Wildman–Crippen LogP) is 0.883. The van der Waals surface area contributed by atoms with Crippen LogP contribution in [0.1, 0.15) is 13.8 Å². The first-order chi connectivity index (χ1) is 9.70. The second kappa shape index (κ2) is 6.77. The van der Waals surface area contributed by atoms with Crippen LogP contribution in [0.2, 0.25) is 0 Å². The molecule has 0 saturated heterocycles.